The predicted octanol–water partition coefficient (Wildman–Crippen LogP) is 3.47. The van der Waals surface area contributed by atoms with Gasteiger partial charge in [0.15, 0.2) is 0 Å². The molecule has 0 saturated heterocycles. The molecule has 0 aromatic heterocycles. The number of rotatable bonds is 2. The van der Waals surface area contributed by atoms with Crippen LogP contribution in [0.3, 0.4) is 0 Å². The van der Waals surface area contributed by atoms with Crippen LogP contribution >= 0.6 is 0 Å². The fourth-order valence-electron chi connectivity index (χ4n) is 2.27. The summed E-state index contributed by atoms with van der Waals surface area (Å²) in [5, 5.41) is 13.7. The number of fused-ring (bicyclic) bond motifs is 2. The lowest BCUT2D eigenvalue weighted by Crippen LogP contribution is -2.06. The highest BCUT2D eigenvalue weighted by Crippen LogP contribution is 2.25. The molecule has 3 aromatic carbocycles. The predicted molar refractivity (Wildman–Crippen MR) is 70.1 cm³/mol. The Hall–Kier alpha value is -1.90. The number of benzene rings is 3. The van der Waals surface area contributed by atoms with Crippen molar-refractivity contribution in [3.8, 4) is 0 Å². The summed E-state index contributed by atoms with van der Waals surface area (Å²) in [6.45, 7) is 0.468. The zero-order chi connectivity index (χ0) is 11.7. The number of hydrogen-bond donors (Lipinski definition) is 2. The molecule has 0 aliphatic heterocycles. The SMILES string of the molecule is ONCc1cccc2cc3ccccc3cc12. The molecule has 3 rings (SSSR count). The molecule has 0 saturated carbocycles. The molecule has 0 radical (unpaired) electrons. The van der Waals surface area contributed by atoms with Crippen LogP contribution < -0.4 is 5.48 Å². The molecule has 2 heteroatoms. The molecular formula is C15H13NO. The second-order valence-corrected chi connectivity index (χ2v) is 4.17. The first-order valence-electron chi connectivity index (χ1n) is 5.66. The fourth-order valence-corrected chi connectivity index (χ4v) is 2.27. The van der Waals surface area contributed by atoms with Gasteiger partial charge in [-0.3, -0.25) is 0 Å². The monoisotopic (exact) mass is 223 g/mol. The van der Waals surface area contributed by atoms with Crippen molar-refractivity contribution in [3.63, 3.8) is 0 Å². The molecule has 0 aliphatic carbocycles. The van der Waals surface area contributed by atoms with Gasteiger partial charge in [-0.25, -0.2) is 5.48 Å². The van der Waals surface area contributed by atoms with Gasteiger partial charge in [-0.05, 0) is 39.2 Å². The van der Waals surface area contributed by atoms with Crippen molar-refractivity contribution in [2.45, 2.75) is 6.54 Å². The van der Waals surface area contributed by atoms with E-state index >= 15 is 0 Å². The molecule has 0 atom stereocenters. The van der Waals surface area contributed by atoms with Crippen molar-refractivity contribution in [2.75, 3.05) is 0 Å². The van der Waals surface area contributed by atoms with Gasteiger partial charge in [0.2, 0.25) is 0 Å². The van der Waals surface area contributed by atoms with Crippen molar-refractivity contribution in [3.05, 3.63) is 60.2 Å². The minimum absolute atomic E-state index is 0.468. The Morgan fingerprint density at radius 3 is 2.29 bits per heavy atom. The fraction of sp³-hybridized carbons (Fsp3) is 0.0667. The summed E-state index contributed by atoms with van der Waals surface area (Å²) in [7, 11) is 0. The molecule has 2 N–H and O–H groups in total. The number of hydroxylamine groups is 1. The second kappa shape index (κ2) is 4.17. The third-order valence-electron chi connectivity index (χ3n) is 3.11. The topological polar surface area (TPSA) is 32.3 Å². The summed E-state index contributed by atoms with van der Waals surface area (Å²) in [5.41, 5.74) is 3.33. The van der Waals surface area contributed by atoms with E-state index in [2.05, 4.69) is 35.8 Å². The van der Waals surface area contributed by atoms with Gasteiger partial charge in [-0.2, -0.15) is 0 Å². The molecular weight excluding hydrogens is 210 g/mol. The Morgan fingerprint density at radius 1 is 0.824 bits per heavy atom. The lowest BCUT2D eigenvalue weighted by atomic mass is 10.00. The number of hydrogen-bond acceptors (Lipinski definition) is 2. The lowest BCUT2D eigenvalue weighted by molar-refractivity contribution is 0.161. The standard InChI is InChI=1S/C15H13NO/c17-16-10-14-7-3-6-13-8-11-4-1-2-5-12(11)9-15(13)14/h1-9,16-17H,10H2. The molecule has 0 heterocycles. The Kier molecular flexibility index (Phi) is 2.52. The van der Waals surface area contributed by atoms with Gasteiger partial charge in [-0.15, -0.1) is 0 Å². The minimum Gasteiger partial charge on any atom is -0.316 e. The Balaban J connectivity index is 2.35. The zero-order valence-corrected chi connectivity index (χ0v) is 9.35. The molecule has 3 aromatic rings. The molecule has 84 valence electrons. The van der Waals surface area contributed by atoms with Crippen LogP contribution in [0, 0.1) is 0 Å². The van der Waals surface area contributed by atoms with E-state index in [4.69, 9.17) is 5.21 Å². The number of nitrogens with one attached hydrogen (secondary N) is 1. The van der Waals surface area contributed by atoms with Gasteiger partial charge in [0, 0.05) is 6.54 Å². The Bertz CT molecular complexity index is 676. The van der Waals surface area contributed by atoms with Gasteiger partial charge in [-0.1, -0.05) is 42.5 Å². The molecule has 2 nitrogen and oxygen atoms in total. The first-order chi connectivity index (χ1) is 8.38. The lowest BCUT2D eigenvalue weighted by Gasteiger charge is -2.07. The molecule has 0 amide bonds. The zero-order valence-electron chi connectivity index (χ0n) is 9.35. The van der Waals surface area contributed by atoms with Crippen molar-refractivity contribution >= 4 is 21.5 Å². The van der Waals surface area contributed by atoms with Crippen molar-refractivity contribution in [1.29, 1.82) is 0 Å². The van der Waals surface area contributed by atoms with Crippen molar-refractivity contribution in [1.82, 2.24) is 5.48 Å². The van der Waals surface area contributed by atoms with Crippen LogP contribution in [-0.4, -0.2) is 5.21 Å². The van der Waals surface area contributed by atoms with Gasteiger partial charge >= 0.3 is 0 Å². The minimum atomic E-state index is 0.468. The smallest absolute Gasteiger partial charge is 0.0464 e. The van der Waals surface area contributed by atoms with E-state index in [0.29, 0.717) is 6.54 Å². The molecule has 0 unspecified atom stereocenters. The average molecular weight is 223 g/mol. The van der Waals surface area contributed by atoms with Crippen LogP contribution in [0.2, 0.25) is 0 Å². The van der Waals surface area contributed by atoms with Gasteiger partial charge in [0.1, 0.15) is 0 Å². The van der Waals surface area contributed by atoms with Crippen LogP contribution in [0.15, 0.2) is 54.6 Å². The Morgan fingerprint density at radius 2 is 1.53 bits per heavy atom. The molecule has 0 aliphatic rings. The van der Waals surface area contributed by atoms with E-state index in [1.807, 2.05) is 24.3 Å². The maximum Gasteiger partial charge on any atom is 0.0464 e. The highest BCUT2D eigenvalue weighted by molar-refractivity contribution is 5.99. The largest absolute Gasteiger partial charge is 0.316 e. The van der Waals surface area contributed by atoms with Crippen LogP contribution in [0.25, 0.3) is 21.5 Å². The summed E-state index contributed by atoms with van der Waals surface area (Å²) in [6, 6.07) is 18.8. The normalized spacial score (nSPS) is 11.1. The highest BCUT2D eigenvalue weighted by Gasteiger charge is 2.02. The molecule has 17 heavy (non-hydrogen) atoms. The van der Waals surface area contributed by atoms with Gasteiger partial charge in [0.05, 0.1) is 0 Å². The molecule has 0 fully saturated rings. The third-order valence-corrected chi connectivity index (χ3v) is 3.11. The maximum absolute atomic E-state index is 8.84. The average Bonchev–Trinajstić information content (AvgIpc) is 2.37. The van der Waals surface area contributed by atoms with E-state index in [9.17, 15) is 0 Å². The summed E-state index contributed by atoms with van der Waals surface area (Å²) in [6.07, 6.45) is 0. The summed E-state index contributed by atoms with van der Waals surface area (Å²) >= 11 is 0. The summed E-state index contributed by atoms with van der Waals surface area (Å²) in [5.74, 6) is 0. The Labute approximate surface area is 99.5 Å². The highest BCUT2D eigenvalue weighted by atomic mass is 16.5. The van der Waals surface area contributed by atoms with Crippen LogP contribution in [0.5, 0.6) is 0 Å². The molecule has 0 bridgehead atoms. The van der Waals surface area contributed by atoms with E-state index in [1.165, 1.54) is 21.5 Å². The third kappa shape index (κ3) is 1.78. The van der Waals surface area contributed by atoms with Crippen LogP contribution in [0.1, 0.15) is 5.56 Å². The van der Waals surface area contributed by atoms with Crippen molar-refractivity contribution < 1.29 is 5.21 Å². The van der Waals surface area contributed by atoms with E-state index in [0.717, 1.165) is 5.56 Å². The van der Waals surface area contributed by atoms with E-state index in [-0.39, 0.29) is 0 Å². The maximum atomic E-state index is 8.84. The van der Waals surface area contributed by atoms with Gasteiger partial charge in [0.25, 0.3) is 0 Å². The first kappa shape index (κ1) is 10.3. The van der Waals surface area contributed by atoms with E-state index in [1.54, 1.807) is 0 Å². The van der Waals surface area contributed by atoms with Gasteiger partial charge < -0.3 is 5.21 Å². The van der Waals surface area contributed by atoms with Crippen LogP contribution in [-0.2, 0) is 6.54 Å². The van der Waals surface area contributed by atoms with Crippen molar-refractivity contribution in [2.24, 2.45) is 0 Å². The van der Waals surface area contributed by atoms with Crippen LogP contribution in [0.4, 0.5) is 0 Å². The summed E-state index contributed by atoms with van der Waals surface area (Å²) < 4.78 is 0. The summed E-state index contributed by atoms with van der Waals surface area (Å²) in [4.78, 5) is 0. The van der Waals surface area contributed by atoms with E-state index < -0.39 is 0 Å². The quantitative estimate of drug-likeness (QED) is 0.515. The molecule has 0 spiro atoms. The second-order valence-electron chi connectivity index (χ2n) is 4.17. The first-order valence-corrected chi connectivity index (χ1v) is 5.66.